The molecule has 3 aromatic heterocycles. The first-order chi connectivity index (χ1) is 35.8. The molecule has 0 radical (unpaired) electrons. The van der Waals surface area contributed by atoms with E-state index in [2.05, 4.69) is 183 Å². The van der Waals surface area contributed by atoms with Gasteiger partial charge in [-0.15, -0.1) is 34.0 Å². The van der Waals surface area contributed by atoms with Gasteiger partial charge in [0.2, 0.25) is 0 Å². The van der Waals surface area contributed by atoms with E-state index in [0.717, 1.165) is 32.4 Å². The van der Waals surface area contributed by atoms with Gasteiger partial charge in [0.15, 0.2) is 0 Å². The van der Waals surface area contributed by atoms with Crippen molar-refractivity contribution in [1.29, 1.82) is 5.26 Å². The van der Waals surface area contributed by atoms with Crippen LogP contribution in [0.1, 0.15) is 141 Å². The summed E-state index contributed by atoms with van der Waals surface area (Å²) < 4.78 is 0. The molecule has 1 aliphatic carbocycles. The van der Waals surface area contributed by atoms with Crippen molar-refractivity contribution in [2.24, 2.45) is 0 Å². The molecule has 73 heavy (non-hydrogen) atoms. The van der Waals surface area contributed by atoms with E-state index in [1.807, 2.05) is 40.9 Å². The number of hydrogen-bond donors (Lipinski definition) is 0. The molecule has 0 saturated carbocycles. The van der Waals surface area contributed by atoms with Crippen LogP contribution in [-0.2, 0) is 5.41 Å². The van der Waals surface area contributed by atoms with E-state index in [1.54, 1.807) is 28.5 Å². The minimum Gasteiger partial charge on any atom is -0.311 e. The lowest BCUT2D eigenvalue weighted by Gasteiger charge is -2.33. The zero-order valence-corrected chi connectivity index (χ0v) is 45.5. The van der Waals surface area contributed by atoms with Gasteiger partial charge < -0.3 is 4.90 Å². The van der Waals surface area contributed by atoms with E-state index in [-0.39, 0.29) is 11.1 Å². The predicted octanol–water partition coefficient (Wildman–Crippen LogP) is 21.7. The number of thiophene rings is 3. The number of allylic oxidation sites excluding steroid dienone is 1. The van der Waals surface area contributed by atoms with E-state index in [1.165, 1.54) is 143 Å². The molecular weight excluding hydrogens is 943 g/mol. The fourth-order valence-electron chi connectivity index (χ4n) is 10.7. The molecule has 8 aromatic rings. The van der Waals surface area contributed by atoms with Crippen LogP contribution in [0.15, 0.2) is 151 Å². The van der Waals surface area contributed by atoms with E-state index in [4.69, 9.17) is 6.57 Å². The summed E-state index contributed by atoms with van der Waals surface area (Å²) in [5.41, 5.74) is 15.6. The molecule has 0 amide bonds. The summed E-state index contributed by atoms with van der Waals surface area (Å²) in [6, 6.07) is 56.6. The van der Waals surface area contributed by atoms with Crippen molar-refractivity contribution in [3.63, 3.8) is 0 Å². The normalized spacial score (nSPS) is 12.7. The van der Waals surface area contributed by atoms with Crippen molar-refractivity contribution in [2.45, 2.75) is 123 Å². The third-order valence-corrected chi connectivity index (χ3v) is 17.9. The van der Waals surface area contributed by atoms with Crippen molar-refractivity contribution in [3.8, 4) is 48.5 Å². The number of nitriles is 1. The average Bonchev–Trinajstić information content (AvgIpc) is 4.25. The maximum Gasteiger partial charge on any atom is 0.263 e. The average molecular weight is 1010 g/mol. The van der Waals surface area contributed by atoms with Crippen molar-refractivity contribution in [1.82, 2.24) is 0 Å². The second kappa shape index (κ2) is 24.5. The maximum atomic E-state index is 9.17. The van der Waals surface area contributed by atoms with Crippen molar-refractivity contribution >= 4 is 69.3 Å². The minimum absolute atomic E-state index is 0.00631. The molecule has 3 heterocycles. The number of nitrogens with zero attached hydrogens (tertiary/aromatic N) is 3. The Morgan fingerprint density at radius 3 is 1.58 bits per heavy atom. The molecule has 0 bridgehead atoms. The molecule has 0 saturated heterocycles. The van der Waals surface area contributed by atoms with Gasteiger partial charge in [-0.1, -0.05) is 163 Å². The van der Waals surface area contributed by atoms with E-state index >= 15 is 0 Å². The largest absolute Gasteiger partial charge is 0.311 e. The van der Waals surface area contributed by atoms with Gasteiger partial charge in [0.1, 0.15) is 0 Å². The first-order valence-corrected chi connectivity index (χ1v) is 29.0. The first kappa shape index (κ1) is 51.4. The third kappa shape index (κ3) is 12.1. The van der Waals surface area contributed by atoms with Crippen molar-refractivity contribution in [3.05, 3.63) is 200 Å². The highest BCUT2D eigenvalue weighted by molar-refractivity contribution is 7.18. The Bertz CT molecular complexity index is 3220. The number of benzene rings is 5. The van der Waals surface area contributed by atoms with Crippen molar-refractivity contribution in [2.75, 3.05) is 4.90 Å². The smallest absolute Gasteiger partial charge is 0.263 e. The molecule has 3 nitrogen and oxygen atoms in total. The van der Waals surface area contributed by atoms with Gasteiger partial charge in [0.05, 0.1) is 12.6 Å². The summed E-state index contributed by atoms with van der Waals surface area (Å²) in [6.45, 7) is 16.2. The van der Waals surface area contributed by atoms with Crippen LogP contribution in [0, 0.1) is 31.8 Å². The fourth-order valence-corrected chi connectivity index (χ4v) is 13.4. The van der Waals surface area contributed by atoms with E-state index in [0.29, 0.717) is 0 Å². The molecule has 5 aromatic carbocycles. The molecule has 0 spiro atoms. The van der Waals surface area contributed by atoms with Gasteiger partial charge in [0.25, 0.3) is 5.70 Å². The second-order valence-electron chi connectivity index (χ2n) is 19.8. The fraction of sp³-hybridized carbons (Fsp3) is 0.284. The van der Waals surface area contributed by atoms with Crippen LogP contribution < -0.4 is 4.90 Å². The topological polar surface area (TPSA) is 31.4 Å². The Balaban J connectivity index is 0.992. The van der Waals surface area contributed by atoms with Crippen LogP contribution in [0.2, 0.25) is 0 Å². The van der Waals surface area contributed by atoms with Crippen LogP contribution in [-0.4, -0.2) is 0 Å². The molecule has 0 atom stereocenters. The third-order valence-electron chi connectivity index (χ3n) is 14.6. The summed E-state index contributed by atoms with van der Waals surface area (Å²) >= 11 is 5.38. The standard InChI is InChI=1S/C67H67N3S3/c1-6-8-10-12-14-16-42-67(43-17-15-13-11-9-7-2)62-44-52(65-39-20-49(4)71-65)26-37-60(62)61-38-27-53(45-63(61)67)66-41-40-64(73-66)51-24-32-57(33-25-51)70(55-28-18-48(3)19-29-55)56-30-21-50(22-31-56)23-34-58-35-36-59(72-58)46-54(47-68)69-5/h18-41,44-46H,6-17,42-43H2,1-4H3/b34-23+,54-46+. The number of unbranched alkanes of at least 4 members (excludes halogenated alkanes) is 10. The molecule has 6 heteroatoms. The highest BCUT2D eigenvalue weighted by atomic mass is 32.1. The van der Waals surface area contributed by atoms with Gasteiger partial charge in [-0.25, -0.2) is 10.1 Å². The van der Waals surface area contributed by atoms with Gasteiger partial charge in [-0.2, -0.15) is 0 Å². The lowest BCUT2D eigenvalue weighted by Crippen LogP contribution is -2.25. The zero-order chi connectivity index (χ0) is 50.6. The Kier molecular flexibility index (Phi) is 17.2. The molecule has 0 aliphatic heterocycles. The zero-order valence-electron chi connectivity index (χ0n) is 43.1. The maximum absolute atomic E-state index is 9.17. The Morgan fingerprint density at radius 1 is 0.534 bits per heavy atom. The highest BCUT2D eigenvalue weighted by Crippen LogP contribution is 2.56. The molecular formula is C67H67N3S3. The molecule has 0 fully saturated rings. The van der Waals surface area contributed by atoms with Crippen LogP contribution in [0.25, 0.3) is 65.5 Å². The summed E-state index contributed by atoms with van der Waals surface area (Å²) in [6.07, 6.45) is 24.0. The quantitative estimate of drug-likeness (QED) is 0.0363. The van der Waals surface area contributed by atoms with Crippen LogP contribution >= 0.6 is 34.0 Å². The molecule has 9 rings (SSSR count). The van der Waals surface area contributed by atoms with Gasteiger partial charge >= 0.3 is 0 Å². The molecule has 0 unspecified atom stereocenters. The Hall–Kier alpha value is -6.54. The second-order valence-corrected chi connectivity index (χ2v) is 23.4. The number of rotatable bonds is 23. The molecule has 0 N–H and O–H groups in total. The van der Waals surface area contributed by atoms with Gasteiger partial charge in [-0.3, -0.25) is 0 Å². The van der Waals surface area contributed by atoms with Gasteiger partial charge in [0, 0.05) is 51.7 Å². The predicted molar refractivity (Wildman–Crippen MR) is 318 cm³/mol. The minimum atomic E-state index is 0.00631. The number of aryl methyl sites for hydroxylation is 2. The SMILES string of the molecule is [C-]#[N+]/C(C#N)=C/c1ccc(/C=C/c2ccc(N(c3ccc(C)cc3)c3ccc(-c4ccc(-c5ccc6c(c5)C(CCCCCCCC)(CCCCCCCC)c5cc(-c7ccc(C)s7)ccc5-6)s4)cc3)cc2)s1. The van der Waals surface area contributed by atoms with Gasteiger partial charge in [-0.05, 0) is 168 Å². The number of fused-ring (bicyclic) bond motifs is 3. The number of hydrogen-bond acceptors (Lipinski definition) is 5. The molecule has 1 aliphatic rings. The van der Waals surface area contributed by atoms with Crippen molar-refractivity contribution < 1.29 is 0 Å². The van der Waals surface area contributed by atoms with E-state index < -0.39 is 0 Å². The lowest BCUT2D eigenvalue weighted by molar-refractivity contribution is 0.398. The highest BCUT2D eigenvalue weighted by Gasteiger charge is 2.42. The monoisotopic (exact) mass is 1010 g/mol. The summed E-state index contributed by atoms with van der Waals surface area (Å²) in [7, 11) is 0. The Morgan fingerprint density at radius 2 is 1.03 bits per heavy atom. The Labute approximate surface area is 447 Å². The summed E-state index contributed by atoms with van der Waals surface area (Å²) in [5.74, 6) is 0. The number of anilines is 3. The van der Waals surface area contributed by atoms with E-state index in [9.17, 15) is 5.26 Å². The lowest BCUT2D eigenvalue weighted by atomic mass is 9.70. The first-order valence-electron chi connectivity index (χ1n) is 26.6. The van der Waals surface area contributed by atoms with Crippen LogP contribution in [0.5, 0.6) is 0 Å². The molecule has 368 valence electrons. The summed E-state index contributed by atoms with van der Waals surface area (Å²) in [4.78, 5) is 12.9. The van der Waals surface area contributed by atoms with Crippen LogP contribution in [0.3, 0.4) is 0 Å². The summed E-state index contributed by atoms with van der Waals surface area (Å²) in [5, 5.41) is 9.17. The van der Waals surface area contributed by atoms with Crippen LogP contribution in [0.4, 0.5) is 17.1 Å².